The molecule has 0 fully saturated rings. The van der Waals surface area contributed by atoms with Gasteiger partial charge in [-0.05, 0) is 56.4 Å². The number of hydrogen-bond acceptors (Lipinski definition) is 2. The third kappa shape index (κ3) is 5.69. The summed E-state index contributed by atoms with van der Waals surface area (Å²) < 4.78 is 0. The van der Waals surface area contributed by atoms with E-state index < -0.39 is 6.04 Å². The van der Waals surface area contributed by atoms with Gasteiger partial charge < -0.3 is 10.2 Å². The molecule has 0 aliphatic heterocycles. The molecule has 2 amide bonds. The van der Waals surface area contributed by atoms with Crippen molar-refractivity contribution in [2.24, 2.45) is 0 Å². The SMILES string of the molecule is CC[C@@H](C)NC(=O)[C@H](C)N(Cc1ccccc1C)C(=O)Cc1ccccc1C. The Morgan fingerprint density at radius 3 is 2.00 bits per heavy atom. The van der Waals surface area contributed by atoms with E-state index in [0.717, 1.165) is 28.7 Å². The Morgan fingerprint density at radius 1 is 0.929 bits per heavy atom. The molecule has 1 N–H and O–H groups in total. The molecule has 0 radical (unpaired) electrons. The summed E-state index contributed by atoms with van der Waals surface area (Å²) in [7, 11) is 0. The minimum atomic E-state index is -0.537. The van der Waals surface area contributed by atoms with Crippen molar-refractivity contribution >= 4 is 11.8 Å². The Morgan fingerprint density at radius 2 is 1.46 bits per heavy atom. The molecule has 0 saturated carbocycles. The number of hydrogen-bond donors (Lipinski definition) is 1. The number of aryl methyl sites for hydroxylation is 2. The minimum absolute atomic E-state index is 0.0376. The molecule has 0 saturated heterocycles. The van der Waals surface area contributed by atoms with Crippen molar-refractivity contribution in [3.05, 3.63) is 70.8 Å². The van der Waals surface area contributed by atoms with Gasteiger partial charge in [0.15, 0.2) is 0 Å². The fourth-order valence-corrected chi connectivity index (χ4v) is 3.09. The molecule has 150 valence electrons. The monoisotopic (exact) mass is 380 g/mol. The summed E-state index contributed by atoms with van der Waals surface area (Å²) in [6.07, 6.45) is 1.15. The van der Waals surface area contributed by atoms with Crippen LogP contribution >= 0.6 is 0 Å². The highest BCUT2D eigenvalue weighted by molar-refractivity contribution is 5.88. The lowest BCUT2D eigenvalue weighted by Crippen LogP contribution is -2.50. The lowest BCUT2D eigenvalue weighted by Gasteiger charge is -2.30. The van der Waals surface area contributed by atoms with Crippen LogP contribution in [0.1, 0.15) is 49.4 Å². The molecular weight excluding hydrogens is 348 g/mol. The maximum absolute atomic E-state index is 13.2. The van der Waals surface area contributed by atoms with Crippen LogP contribution < -0.4 is 5.32 Å². The topological polar surface area (TPSA) is 49.4 Å². The Hall–Kier alpha value is -2.62. The van der Waals surface area contributed by atoms with Crippen LogP contribution in [0.2, 0.25) is 0 Å². The van der Waals surface area contributed by atoms with Crippen LogP contribution in [0.5, 0.6) is 0 Å². The first-order valence-corrected chi connectivity index (χ1v) is 10.0. The van der Waals surface area contributed by atoms with Crippen molar-refractivity contribution in [3.63, 3.8) is 0 Å². The Bertz CT molecular complexity index is 816. The number of nitrogens with zero attached hydrogens (tertiary/aromatic N) is 1. The molecule has 4 heteroatoms. The van der Waals surface area contributed by atoms with E-state index >= 15 is 0 Å². The number of nitrogens with one attached hydrogen (secondary N) is 1. The van der Waals surface area contributed by atoms with Crippen LogP contribution in [0.4, 0.5) is 0 Å². The largest absolute Gasteiger partial charge is 0.352 e. The van der Waals surface area contributed by atoms with Crippen LogP contribution in [0.15, 0.2) is 48.5 Å². The smallest absolute Gasteiger partial charge is 0.242 e. The second kappa shape index (κ2) is 10.1. The van der Waals surface area contributed by atoms with Crippen molar-refractivity contribution in [2.75, 3.05) is 0 Å². The van der Waals surface area contributed by atoms with E-state index in [-0.39, 0.29) is 17.9 Å². The third-order valence-electron chi connectivity index (χ3n) is 5.37. The molecule has 2 aromatic rings. The molecule has 0 aliphatic carbocycles. The van der Waals surface area contributed by atoms with E-state index in [0.29, 0.717) is 13.0 Å². The Kier molecular flexibility index (Phi) is 7.80. The highest BCUT2D eigenvalue weighted by Crippen LogP contribution is 2.16. The average molecular weight is 381 g/mol. The van der Waals surface area contributed by atoms with E-state index in [1.165, 1.54) is 0 Å². The van der Waals surface area contributed by atoms with Crippen LogP contribution in [-0.4, -0.2) is 28.8 Å². The molecule has 4 nitrogen and oxygen atoms in total. The Balaban J connectivity index is 2.26. The van der Waals surface area contributed by atoms with Gasteiger partial charge in [-0.15, -0.1) is 0 Å². The van der Waals surface area contributed by atoms with Gasteiger partial charge >= 0.3 is 0 Å². The summed E-state index contributed by atoms with van der Waals surface area (Å²) in [5.41, 5.74) is 4.26. The summed E-state index contributed by atoms with van der Waals surface area (Å²) in [5, 5.41) is 3.01. The van der Waals surface area contributed by atoms with E-state index in [2.05, 4.69) is 5.32 Å². The highest BCUT2D eigenvalue weighted by atomic mass is 16.2. The summed E-state index contributed by atoms with van der Waals surface area (Å²) in [6, 6.07) is 15.4. The fourth-order valence-electron chi connectivity index (χ4n) is 3.09. The summed E-state index contributed by atoms with van der Waals surface area (Å²) in [5.74, 6) is -0.148. The van der Waals surface area contributed by atoms with Crippen molar-refractivity contribution in [1.82, 2.24) is 10.2 Å². The number of carbonyl (C=O) groups is 2. The zero-order valence-electron chi connectivity index (χ0n) is 17.7. The summed E-state index contributed by atoms with van der Waals surface area (Å²) >= 11 is 0. The Labute approximate surface area is 169 Å². The van der Waals surface area contributed by atoms with Gasteiger partial charge in [-0.3, -0.25) is 9.59 Å². The molecule has 0 heterocycles. The van der Waals surface area contributed by atoms with E-state index in [1.807, 2.05) is 83.1 Å². The molecule has 0 aliphatic rings. The third-order valence-corrected chi connectivity index (χ3v) is 5.37. The molecular formula is C24H32N2O2. The van der Waals surface area contributed by atoms with E-state index in [1.54, 1.807) is 4.90 Å². The molecule has 2 atom stereocenters. The van der Waals surface area contributed by atoms with Crippen molar-refractivity contribution in [1.29, 1.82) is 0 Å². The number of benzene rings is 2. The number of rotatable bonds is 8. The minimum Gasteiger partial charge on any atom is -0.352 e. The number of carbonyl (C=O) groups excluding carboxylic acids is 2. The van der Waals surface area contributed by atoms with E-state index in [4.69, 9.17) is 0 Å². The van der Waals surface area contributed by atoms with Gasteiger partial charge in [0.1, 0.15) is 6.04 Å². The highest BCUT2D eigenvalue weighted by Gasteiger charge is 2.27. The average Bonchev–Trinajstić information content (AvgIpc) is 2.68. The standard InChI is InChI=1S/C24H32N2O2/c1-6-19(4)25-24(28)20(5)26(16-22-14-10-8-12-18(22)3)23(27)15-21-13-9-7-11-17(21)2/h7-14,19-20H,6,15-16H2,1-5H3,(H,25,28)/t19-,20+/m1/s1. The second-order valence-electron chi connectivity index (χ2n) is 7.55. The van der Waals surface area contributed by atoms with Gasteiger partial charge in [-0.2, -0.15) is 0 Å². The van der Waals surface area contributed by atoms with Gasteiger partial charge in [0, 0.05) is 12.6 Å². The van der Waals surface area contributed by atoms with Gasteiger partial charge in [0.05, 0.1) is 6.42 Å². The fraction of sp³-hybridized carbons (Fsp3) is 0.417. The first-order chi connectivity index (χ1) is 13.3. The van der Waals surface area contributed by atoms with Crippen molar-refractivity contribution < 1.29 is 9.59 Å². The molecule has 2 rings (SSSR count). The van der Waals surface area contributed by atoms with E-state index in [9.17, 15) is 9.59 Å². The summed E-state index contributed by atoms with van der Waals surface area (Å²) in [4.78, 5) is 27.7. The zero-order valence-corrected chi connectivity index (χ0v) is 17.7. The molecule has 28 heavy (non-hydrogen) atoms. The maximum atomic E-state index is 13.2. The van der Waals surface area contributed by atoms with Crippen molar-refractivity contribution in [3.8, 4) is 0 Å². The first-order valence-electron chi connectivity index (χ1n) is 10.0. The van der Waals surface area contributed by atoms with Crippen LogP contribution in [0, 0.1) is 13.8 Å². The van der Waals surface area contributed by atoms with Gasteiger partial charge in [-0.25, -0.2) is 0 Å². The van der Waals surface area contributed by atoms with Crippen LogP contribution in [-0.2, 0) is 22.6 Å². The van der Waals surface area contributed by atoms with Crippen molar-refractivity contribution in [2.45, 2.75) is 66.1 Å². The lowest BCUT2D eigenvalue weighted by atomic mass is 10.0. The van der Waals surface area contributed by atoms with Crippen LogP contribution in [0.3, 0.4) is 0 Å². The molecule has 0 spiro atoms. The van der Waals surface area contributed by atoms with Gasteiger partial charge in [0.2, 0.25) is 11.8 Å². The number of amides is 2. The molecule has 0 bridgehead atoms. The lowest BCUT2D eigenvalue weighted by molar-refractivity contribution is -0.140. The predicted molar refractivity (Wildman–Crippen MR) is 114 cm³/mol. The molecule has 0 unspecified atom stereocenters. The van der Waals surface area contributed by atoms with Crippen LogP contribution in [0.25, 0.3) is 0 Å². The zero-order chi connectivity index (χ0) is 20.7. The summed E-state index contributed by atoms with van der Waals surface area (Å²) in [6.45, 7) is 10.3. The second-order valence-corrected chi connectivity index (χ2v) is 7.55. The predicted octanol–water partition coefficient (Wildman–Crippen LogP) is 4.18. The normalized spacial score (nSPS) is 12.9. The van der Waals surface area contributed by atoms with Gasteiger partial charge in [0.25, 0.3) is 0 Å². The first kappa shape index (κ1) is 21.7. The molecule has 2 aromatic carbocycles. The molecule has 0 aromatic heterocycles. The maximum Gasteiger partial charge on any atom is 0.242 e. The van der Waals surface area contributed by atoms with Gasteiger partial charge in [-0.1, -0.05) is 55.5 Å². The quantitative estimate of drug-likeness (QED) is 0.747.